The molecule has 0 fully saturated rings. The minimum Gasteiger partial charge on any atom is -0.462 e. The molecule has 0 aromatic carbocycles. The van der Waals surface area contributed by atoms with Gasteiger partial charge >= 0.3 is 12.1 Å². The minimum absolute atomic E-state index is 0.105. The van der Waals surface area contributed by atoms with E-state index in [4.69, 9.17) is 0 Å². The number of carbonyl (C=O) groups excluding carboxylic acids is 1. The maximum Gasteiger partial charge on any atom is 0.425 e. The van der Waals surface area contributed by atoms with Crippen molar-refractivity contribution in [2.24, 2.45) is 0 Å². The van der Waals surface area contributed by atoms with Crippen LogP contribution in [0.5, 0.6) is 0 Å². The first-order chi connectivity index (χ1) is 5.80. The second-order valence-corrected chi connectivity index (χ2v) is 4.50. The van der Waals surface area contributed by atoms with E-state index in [2.05, 4.69) is 36.6 Å². The largest absolute Gasteiger partial charge is 0.462 e. The number of hydrogen-bond donors (Lipinski definition) is 0. The summed E-state index contributed by atoms with van der Waals surface area (Å²) >= 11 is 5.05. The Hall–Kier alpha value is -0.0400. The first-order valence-electron chi connectivity index (χ1n) is 3.10. The van der Waals surface area contributed by atoms with Crippen LogP contribution in [0.4, 0.5) is 13.2 Å². The van der Waals surface area contributed by atoms with E-state index in [-0.39, 0.29) is 6.61 Å². The highest BCUT2D eigenvalue weighted by atomic mass is 79.9. The SMILES string of the molecule is CCOC(=O)C(=C(Br)Br)C(F)(F)F. The van der Waals surface area contributed by atoms with E-state index in [1.165, 1.54) is 6.92 Å². The number of halogens is 5. The average Bonchev–Trinajstić information content (AvgIpc) is 1.82. The summed E-state index contributed by atoms with van der Waals surface area (Å²) in [6.07, 6.45) is -4.73. The third kappa shape index (κ3) is 4.12. The van der Waals surface area contributed by atoms with Crippen molar-refractivity contribution in [1.82, 2.24) is 0 Å². The van der Waals surface area contributed by atoms with Gasteiger partial charge in [0.1, 0.15) is 0 Å². The maximum absolute atomic E-state index is 12.1. The maximum atomic E-state index is 12.1. The first-order valence-corrected chi connectivity index (χ1v) is 4.68. The Morgan fingerprint density at radius 2 is 1.85 bits per heavy atom. The van der Waals surface area contributed by atoms with Crippen molar-refractivity contribution in [2.45, 2.75) is 13.1 Å². The summed E-state index contributed by atoms with van der Waals surface area (Å²) in [4.78, 5) is 10.8. The Morgan fingerprint density at radius 3 is 2.08 bits per heavy atom. The normalized spacial score (nSPS) is 10.9. The molecule has 0 aromatic rings. The number of ether oxygens (including phenoxy) is 1. The molecule has 0 aromatic heterocycles. The van der Waals surface area contributed by atoms with Crippen molar-refractivity contribution in [2.75, 3.05) is 6.61 Å². The lowest BCUT2D eigenvalue weighted by Crippen LogP contribution is -2.22. The monoisotopic (exact) mass is 324 g/mol. The molecule has 0 radical (unpaired) electrons. The van der Waals surface area contributed by atoms with E-state index in [0.29, 0.717) is 0 Å². The zero-order valence-corrected chi connectivity index (χ0v) is 9.59. The molecule has 0 unspecified atom stereocenters. The van der Waals surface area contributed by atoms with Gasteiger partial charge in [0, 0.05) is 0 Å². The molecular weight excluding hydrogens is 321 g/mol. The van der Waals surface area contributed by atoms with Crippen LogP contribution in [0, 0.1) is 0 Å². The molecule has 0 rings (SSSR count). The summed E-state index contributed by atoms with van der Waals surface area (Å²) in [6, 6.07) is 0. The zero-order chi connectivity index (χ0) is 10.6. The highest BCUT2D eigenvalue weighted by molar-refractivity contribution is 9.28. The van der Waals surface area contributed by atoms with Gasteiger partial charge in [-0.25, -0.2) is 4.79 Å². The summed E-state index contributed by atoms with van der Waals surface area (Å²) < 4.78 is 40.1. The van der Waals surface area contributed by atoms with Crippen LogP contribution in [0.3, 0.4) is 0 Å². The number of esters is 1. The Bertz CT molecular complexity index is 231. The highest BCUT2D eigenvalue weighted by Gasteiger charge is 2.41. The molecule has 0 amide bonds. The molecule has 0 bridgehead atoms. The molecule has 2 nitrogen and oxygen atoms in total. The quantitative estimate of drug-likeness (QED) is 0.576. The van der Waals surface area contributed by atoms with Crippen LogP contribution >= 0.6 is 31.9 Å². The van der Waals surface area contributed by atoms with Crippen molar-refractivity contribution >= 4 is 37.8 Å². The summed E-state index contributed by atoms with van der Waals surface area (Å²) in [6.45, 7) is 1.32. The molecule has 0 aliphatic rings. The molecule has 0 aliphatic heterocycles. The van der Waals surface area contributed by atoms with Gasteiger partial charge in [0.2, 0.25) is 0 Å². The van der Waals surface area contributed by atoms with E-state index in [0.717, 1.165) is 0 Å². The Morgan fingerprint density at radius 1 is 1.38 bits per heavy atom. The van der Waals surface area contributed by atoms with E-state index < -0.39 is 21.1 Å². The van der Waals surface area contributed by atoms with Crippen LogP contribution in [-0.4, -0.2) is 18.8 Å². The predicted molar refractivity (Wildman–Crippen MR) is 47.6 cm³/mol. The van der Waals surface area contributed by atoms with Gasteiger partial charge in [-0.3, -0.25) is 0 Å². The van der Waals surface area contributed by atoms with E-state index in [1.807, 2.05) is 0 Å². The molecule has 76 valence electrons. The Labute approximate surface area is 89.4 Å². The molecule has 0 heterocycles. The molecule has 13 heavy (non-hydrogen) atoms. The lowest BCUT2D eigenvalue weighted by Gasteiger charge is -2.10. The van der Waals surface area contributed by atoms with Gasteiger partial charge in [-0.1, -0.05) is 0 Å². The first kappa shape index (κ1) is 13.0. The van der Waals surface area contributed by atoms with Crippen molar-refractivity contribution in [3.63, 3.8) is 0 Å². The standard InChI is InChI=1S/C6H5Br2F3O2/c1-2-13-5(12)3(4(7)8)6(9,10)11/h2H2,1H3. The predicted octanol–water partition coefficient (Wildman–Crippen LogP) is 3.11. The molecule has 0 saturated heterocycles. The van der Waals surface area contributed by atoms with Gasteiger partial charge < -0.3 is 4.74 Å². The molecule has 7 heteroatoms. The summed E-state index contributed by atoms with van der Waals surface area (Å²) in [5.41, 5.74) is -1.38. The van der Waals surface area contributed by atoms with Crippen molar-refractivity contribution < 1.29 is 22.7 Å². The minimum atomic E-state index is -4.73. The fourth-order valence-electron chi connectivity index (χ4n) is 0.503. The zero-order valence-electron chi connectivity index (χ0n) is 6.41. The van der Waals surface area contributed by atoms with Crippen LogP contribution in [0.25, 0.3) is 0 Å². The van der Waals surface area contributed by atoms with E-state index in [1.54, 1.807) is 0 Å². The highest BCUT2D eigenvalue weighted by Crippen LogP contribution is 2.34. The molecule has 0 spiro atoms. The van der Waals surface area contributed by atoms with Crippen molar-refractivity contribution in [3.8, 4) is 0 Å². The Balaban J connectivity index is 4.87. The van der Waals surface area contributed by atoms with Crippen LogP contribution in [0.1, 0.15) is 6.92 Å². The van der Waals surface area contributed by atoms with Crippen LogP contribution in [0.2, 0.25) is 0 Å². The summed E-state index contributed by atoms with van der Waals surface area (Å²) in [7, 11) is 0. The molecule has 0 N–H and O–H groups in total. The van der Waals surface area contributed by atoms with Crippen LogP contribution < -0.4 is 0 Å². The number of carbonyl (C=O) groups is 1. The van der Waals surface area contributed by atoms with E-state index >= 15 is 0 Å². The van der Waals surface area contributed by atoms with Gasteiger partial charge in [0.05, 0.1) is 10.00 Å². The molecule has 0 atom stereocenters. The molecule has 0 aliphatic carbocycles. The van der Waals surface area contributed by atoms with Gasteiger partial charge in [0.15, 0.2) is 5.57 Å². The number of rotatable bonds is 2. The smallest absolute Gasteiger partial charge is 0.425 e. The summed E-state index contributed by atoms with van der Waals surface area (Å²) in [5, 5.41) is 0. The van der Waals surface area contributed by atoms with Gasteiger partial charge in [-0.05, 0) is 38.8 Å². The third-order valence-electron chi connectivity index (χ3n) is 0.952. The average molecular weight is 326 g/mol. The van der Waals surface area contributed by atoms with Crippen molar-refractivity contribution in [1.29, 1.82) is 0 Å². The van der Waals surface area contributed by atoms with Gasteiger partial charge in [-0.2, -0.15) is 13.2 Å². The topological polar surface area (TPSA) is 26.3 Å². The fourth-order valence-corrected chi connectivity index (χ4v) is 1.28. The number of alkyl halides is 3. The van der Waals surface area contributed by atoms with Gasteiger partial charge in [-0.15, -0.1) is 0 Å². The lowest BCUT2D eigenvalue weighted by atomic mass is 10.3. The fraction of sp³-hybridized carbons (Fsp3) is 0.500. The number of hydrogen-bond acceptors (Lipinski definition) is 2. The molecule has 0 saturated carbocycles. The van der Waals surface area contributed by atoms with E-state index in [9.17, 15) is 18.0 Å². The second kappa shape index (κ2) is 4.99. The van der Waals surface area contributed by atoms with Crippen LogP contribution in [-0.2, 0) is 9.53 Å². The lowest BCUT2D eigenvalue weighted by molar-refractivity contribution is -0.150. The molecular formula is C6H5Br2F3O2. The summed E-state index contributed by atoms with van der Waals surface area (Å²) in [5.74, 6) is -1.40. The second-order valence-electron chi connectivity index (χ2n) is 1.85. The Kier molecular flexibility index (Phi) is 4.98. The van der Waals surface area contributed by atoms with Gasteiger partial charge in [0.25, 0.3) is 0 Å². The van der Waals surface area contributed by atoms with Crippen LogP contribution in [0.15, 0.2) is 8.96 Å². The third-order valence-corrected chi connectivity index (χ3v) is 1.75. The van der Waals surface area contributed by atoms with Crippen molar-refractivity contribution in [3.05, 3.63) is 8.96 Å².